The number of aromatic nitrogens is 4. The van der Waals surface area contributed by atoms with Crippen LogP contribution in [0.4, 0.5) is 16.6 Å². The highest BCUT2D eigenvalue weighted by atomic mass is 32.1. The van der Waals surface area contributed by atoms with Gasteiger partial charge < -0.3 is 24.5 Å². The van der Waals surface area contributed by atoms with Crippen LogP contribution in [0.25, 0.3) is 32.2 Å². The number of nitrogens with one attached hydrogen (secondary N) is 2. The molecule has 360 valence electrons. The van der Waals surface area contributed by atoms with Gasteiger partial charge in [-0.05, 0) is 142 Å². The van der Waals surface area contributed by atoms with E-state index in [4.69, 9.17) is 9.84 Å². The zero-order chi connectivity index (χ0) is 48.8. The van der Waals surface area contributed by atoms with Crippen molar-refractivity contribution in [2.45, 2.75) is 57.8 Å². The van der Waals surface area contributed by atoms with E-state index in [0.717, 1.165) is 100 Å². The highest BCUT2D eigenvalue weighted by Gasteiger charge is 2.34. The first-order chi connectivity index (χ1) is 34.5. The number of thiazole rings is 1. The molecule has 1 aliphatic carbocycles. The minimum Gasteiger partial charge on any atom is -0.494 e. The number of fused-ring (bicyclic) bond motifs is 3. The number of carboxylic acids is 1. The van der Waals surface area contributed by atoms with Gasteiger partial charge in [-0.25, -0.2) is 14.8 Å². The van der Waals surface area contributed by atoms with Crippen LogP contribution in [0.1, 0.15) is 72.6 Å². The number of likely N-dealkylation sites (tertiary alicyclic amines) is 1. The molecule has 15 nitrogen and oxygen atoms in total. The third-order valence-corrected chi connectivity index (χ3v) is 15.5. The van der Waals surface area contributed by atoms with Crippen LogP contribution in [-0.2, 0) is 21.4 Å². The van der Waals surface area contributed by atoms with Crippen molar-refractivity contribution in [3.05, 3.63) is 124 Å². The standard InChI is InChI=1S/C55H53N9O6S/c1-33-27-38(70-26-6-7-34-20-23-62(24-21-34)29-35-30-64(31-35)37-12-14-42-46(28-37)61(2)60-50(42)43-17-19-49(65)58-53(43)67)13-15-39(33)40-16-18-48(57-51(40)54(68)69)63-25-22-36-8-5-9-41(44(36)32-63)52(66)59-55-56-45-10-3-4-11-47(45)71-55/h3,9-10,12-16,18,27-28,34-35,43H,6-7,17,19-26,29-32H2,1-2H3,(H,68,69)(H,56,59,66)(H,58,65,67). The van der Waals surface area contributed by atoms with Gasteiger partial charge in [0.25, 0.3) is 5.91 Å². The quantitative estimate of drug-likeness (QED) is 0.0551. The molecule has 11 rings (SSSR count). The van der Waals surface area contributed by atoms with Gasteiger partial charge in [0.15, 0.2) is 10.8 Å². The molecule has 0 bridgehead atoms. The number of nitrogens with zero attached hydrogens (tertiary/aromatic N) is 7. The summed E-state index contributed by atoms with van der Waals surface area (Å²) in [6.45, 7) is 8.92. The number of aryl methyl sites for hydroxylation is 2. The molecule has 3 aromatic heterocycles. The van der Waals surface area contributed by atoms with Gasteiger partial charge in [-0.3, -0.25) is 29.7 Å². The van der Waals surface area contributed by atoms with Crippen molar-refractivity contribution in [3.8, 4) is 16.9 Å². The number of amides is 3. The maximum atomic E-state index is 13.6. The molecular formula is C55H53N9O6S. The number of hydrogen-bond acceptors (Lipinski definition) is 12. The molecule has 3 amide bonds. The van der Waals surface area contributed by atoms with Gasteiger partial charge in [0.05, 0.1) is 34.8 Å². The highest BCUT2D eigenvalue weighted by Crippen LogP contribution is 2.37. The van der Waals surface area contributed by atoms with Gasteiger partial charge in [0.1, 0.15) is 16.3 Å². The fraction of sp³-hybridized carbons (Fsp3) is 0.364. The topological polar surface area (TPSA) is 175 Å². The summed E-state index contributed by atoms with van der Waals surface area (Å²) in [5.74, 6) is 0.293. The smallest absolute Gasteiger partial charge is 0.355 e. The number of carbonyl (C=O) groups is 4. The molecule has 0 spiro atoms. The van der Waals surface area contributed by atoms with Gasteiger partial charge in [-0.2, -0.15) is 5.10 Å². The Morgan fingerprint density at radius 3 is 2.61 bits per heavy atom. The zero-order valence-corrected chi connectivity index (χ0v) is 40.5. The molecular weight excluding hydrogens is 915 g/mol. The molecule has 3 aromatic carbocycles. The van der Waals surface area contributed by atoms with Crippen molar-refractivity contribution in [2.75, 3.05) is 67.5 Å². The second kappa shape index (κ2) is 19.3. The summed E-state index contributed by atoms with van der Waals surface area (Å²) >= 11 is 1.33. The van der Waals surface area contributed by atoms with E-state index in [0.29, 0.717) is 72.9 Å². The third kappa shape index (κ3) is 9.45. The Labute approximate surface area is 415 Å². The maximum Gasteiger partial charge on any atom is 0.355 e. The second-order valence-electron chi connectivity index (χ2n) is 19.3. The molecule has 4 fully saturated rings. The Balaban J connectivity index is 0.638. The third-order valence-electron chi connectivity index (χ3n) is 14.6. The predicted octanol–water partition coefficient (Wildman–Crippen LogP) is 7.78. The van der Waals surface area contributed by atoms with Crippen LogP contribution in [0.2, 0.25) is 0 Å². The summed E-state index contributed by atoms with van der Waals surface area (Å²) in [7, 11) is 1.91. The van der Waals surface area contributed by atoms with Crippen LogP contribution >= 0.6 is 11.3 Å². The number of aromatic carboxylic acids is 1. The molecule has 6 aromatic rings. The number of benzene rings is 2. The molecule has 3 N–H and O–H groups in total. The van der Waals surface area contributed by atoms with Crippen LogP contribution in [0.5, 0.6) is 5.75 Å². The molecule has 1 atom stereocenters. The summed E-state index contributed by atoms with van der Waals surface area (Å²) in [5.41, 5.74) is 14.2. The number of pyridine rings is 1. The molecule has 0 radical (unpaired) electrons. The zero-order valence-electron chi connectivity index (χ0n) is 39.7. The van der Waals surface area contributed by atoms with E-state index < -0.39 is 11.9 Å². The van der Waals surface area contributed by atoms with Gasteiger partial charge in [0.2, 0.25) is 11.8 Å². The van der Waals surface area contributed by atoms with Crippen molar-refractivity contribution >= 4 is 72.8 Å². The van der Waals surface area contributed by atoms with Crippen LogP contribution < -0.4 is 25.2 Å². The van der Waals surface area contributed by atoms with E-state index in [-0.39, 0.29) is 23.4 Å². The van der Waals surface area contributed by atoms with Crippen molar-refractivity contribution in [1.82, 2.24) is 30.0 Å². The van der Waals surface area contributed by atoms with Crippen molar-refractivity contribution in [1.29, 1.82) is 0 Å². The van der Waals surface area contributed by atoms with E-state index in [1.807, 2.05) is 60.0 Å². The molecule has 71 heavy (non-hydrogen) atoms. The number of hydrogen-bond donors (Lipinski definition) is 3. The first kappa shape index (κ1) is 45.9. The summed E-state index contributed by atoms with van der Waals surface area (Å²) in [6.07, 6.45) is 7.54. The van der Waals surface area contributed by atoms with Crippen LogP contribution in [-0.4, -0.2) is 106 Å². The number of anilines is 3. The number of imide groups is 1. The van der Waals surface area contributed by atoms with Crippen LogP contribution in [0.15, 0.2) is 94.9 Å². The lowest BCUT2D eigenvalue weighted by Crippen LogP contribution is -2.52. The molecule has 7 heterocycles. The maximum absolute atomic E-state index is 13.6. The Bertz CT molecular complexity index is 3240. The monoisotopic (exact) mass is 967 g/mol. The first-order valence-electron chi connectivity index (χ1n) is 24.5. The molecule has 4 aliphatic heterocycles. The van der Waals surface area contributed by atoms with Crippen molar-refractivity contribution in [3.63, 3.8) is 0 Å². The second-order valence-corrected chi connectivity index (χ2v) is 20.3. The summed E-state index contributed by atoms with van der Waals surface area (Å²) < 4.78 is 8.89. The fourth-order valence-corrected chi connectivity index (χ4v) is 11.6. The van der Waals surface area contributed by atoms with E-state index in [1.54, 1.807) is 12.1 Å². The minimum absolute atomic E-state index is 0.0369. The SMILES string of the molecule is Cc1cc(OCCCC2CCN(CC3CN(c4ccc5c(C6CCC(=O)NC6=O)nn(C)c5c4)C3)CC2)ccc1-c1ccc(N2CCC3=C=C=CC(C(=O)Nc4nc5ccc#cc5s4)=C3C2)nc1C(=O)O. The van der Waals surface area contributed by atoms with Crippen molar-refractivity contribution < 1.29 is 29.0 Å². The fourth-order valence-electron chi connectivity index (χ4n) is 10.8. The summed E-state index contributed by atoms with van der Waals surface area (Å²) in [6, 6.07) is 25.4. The molecule has 0 saturated carbocycles. The van der Waals surface area contributed by atoms with Crippen molar-refractivity contribution in [2.24, 2.45) is 18.9 Å². The van der Waals surface area contributed by atoms with Crippen LogP contribution in [0.3, 0.4) is 0 Å². The van der Waals surface area contributed by atoms with Gasteiger partial charge in [-0.1, -0.05) is 34.9 Å². The number of rotatable bonds is 14. The minimum atomic E-state index is -1.12. The van der Waals surface area contributed by atoms with Gasteiger partial charge in [0, 0.05) is 80.4 Å². The summed E-state index contributed by atoms with van der Waals surface area (Å²) in [5, 5.41) is 21.9. The number of piperidine rings is 3. The Morgan fingerprint density at radius 1 is 0.958 bits per heavy atom. The average molecular weight is 968 g/mol. The van der Waals surface area contributed by atoms with E-state index in [9.17, 15) is 24.3 Å². The van der Waals surface area contributed by atoms with Gasteiger partial charge >= 0.3 is 5.97 Å². The lowest BCUT2D eigenvalue weighted by atomic mass is 9.90. The molecule has 5 aliphatic rings. The predicted molar refractivity (Wildman–Crippen MR) is 272 cm³/mol. The largest absolute Gasteiger partial charge is 0.494 e. The normalized spacial score (nSPS) is 18.6. The number of ether oxygens (including phenoxy) is 1. The average Bonchev–Trinajstić information content (AvgIpc) is 3.93. The van der Waals surface area contributed by atoms with Gasteiger partial charge in [-0.15, -0.1) is 0 Å². The van der Waals surface area contributed by atoms with E-state index in [2.05, 4.69) is 72.2 Å². The van der Waals surface area contributed by atoms with Crippen LogP contribution in [0, 0.1) is 30.9 Å². The molecule has 16 heteroatoms. The Morgan fingerprint density at radius 2 is 1.80 bits per heavy atom. The van der Waals surface area contributed by atoms with E-state index in [1.165, 1.54) is 29.9 Å². The Kier molecular flexibility index (Phi) is 12.5. The Hall–Kier alpha value is -7.53. The summed E-state index contributed by atoms with van der Waals surface area (Å²) in [4.78, 5) is 66.8. The highest BCUT2D eigenvalue weighted by molar-refractivity contribution is 7.22. The lowest BCUT2D eigenvalue weighted by molar-refractivity contribution is -0.134. The lowest BCUT2D eigenvalue weighted by Gasteiger charge is -2.44. The molecule has 4 saturated heterocycles. The van der Waals surface area contributed by atoms with E-state index >= 15 is 0 Å². The number of carboxylic acid groups (broad SMARTS) is 1. The number of carbonyl (C=O) groups excluding carboxylic acids is 3. The first-order valence-corrected chi connectivity index (χ1v) is 25.3. The molecule has 1 unspecified atom stereocenters.